The lowest BCUT2D eigenvalue weighted by molar-refractivity contribution is -0.138. The topological polar surface area (TPSA) is 105 Å². The highest BCUT2D eigenvalue weighted by Crippen LogP contribution is 2.31. The summed E-state index contributed by atoms with van der Waals surface area (Å²) in [7, 11) is 1.81. The average Bonchev–Trinajstić information content (AvgIpc) is 3.33. The quantitative estimate of drug-likeness (QED) is 0.282. The number of carboxylic acid groups (broad SMARTS) is 1. The summed E-state index contributed by atoms with van der Waals surface area (Å²) in [4.78, 5) is 31.1. The standard InChI is InChI=1S/C27H24F3N3O6/c1-32(25-31-22-10-2-3-11-23(22)39-25)12-13-37-20-8-4-6-18(14-20)16-33(17-24(34)35)26(36)38-21-9-5-7-19(15-21)27(28,29)30/h2-11,14-15H,12-13,16-17H2,1H3,(H,34,35). The van der Waals surface area contributed by atoms with Gasteiger partial charge in [0.05, 0.1) is 12.1 Å². The summed E-state index contributed by atoms with van der Waals surface area (Å²) in [5, 5.41) is 9.25. The Morgan fingerprint density at radius 1 is 1.00 bits per heavy atom. The van der Waals surface area contributed by atoms with Crippen molar-refractivity contribution in [2.24, 2.45) is 0 Å². The van der Waals surface area contributed by atoms with Gasteiger partial charge in [0.2, 0.25) is 0 Å². The van der Waals surface area contributed by atoms with Crippen molar-refractivity contribution in [3.63, 3.8) is 0 Å². The summed E-state index contributed by atoms with van der Waals surface area (Å²) in [5.41, 5.74) is 0.946. The number of fused-ring (bicyclic) bond motifs is 1. The normalized spacial score (nSPS) is 11.3. The number of amides is 1. The lowest BCUT2D eigenvalue weighted by atomic mass is 10.2. The Morgan fingerprint density at radius 2 is 1.74 bits per heavy atom. The van der Waals surface area contributed by atoms with Crippen molar-refractivity contribution < 1.29 is 41.8 Å². The van der Waals surface area contributed by atoms with E-state index in [1.165, 1.54) is 6.07 Å². The van der Waals surface area contributed by atoms with Crippen LogP contribution in [0.3, 0.4) is 0 Å². The fourth-order valence-electron chi connectivity index (χ4n) is 3.62. The molecule has 1 aromatic heterocycles. The number of rotatable bonds is 10. The van der Waals surface area contributed by atoms with Gasteiger partial charge in [-0.2, -0.15) is 18.2 Å². The smallest absolute Gasteiger partial charge is 0.416 e. The Kier molecular flexibility index (Phi) is 8.23. The number of likely N-dealkylation sites (N-methyl/N-ethyl adjacent to an activating group) is 1. The van der Waals surface area contributed by atoms with Gasteiger partial charge < -0.3 is 23.9 Å². The Bertz CT molecular complexity index is 1420. The number of carboxylic acids is 1. The lowest BCUT2D eigenvalue weighted by Gasteiger charge is -2.21. The third-order valence-electron chi connectivity index (χ3n) is 5.53. The number of benzene rings is 3. The zero-order valence-corrected chi connectivity index (χ0v) is 20.7. The van der Waals surface area contributed by atoms with Gasteiger partial charge in [-0.3, -0.25) is 9.69 Å². The molecule has 0 radical (unpaired) electrons. The molecule has 0 aliphatic rings. The van der Waals surface area contributed by atoms with E-state index in [9.17, 15) is 27.9 Å². The second-order valence-electron chi connectivity index (χ2n) is 8.52. The Morgan fingerprint density at radius 3 is 2.49 bits per heavy atom. The van der Waals surface area contributed by atoms with Crippen LogP contribution in [0.25, 0.3) is 11.1 Å². The number of carbonyl (C=O) groups is 2. The first-order valence-corrected chi connectivity index (χ1v) is 11.7. The maximum atomic E-state index is 13.0. The molecule has 39 heavy (non-hydrogen) atoms. The zero-order valence-electron chi connectivity index (χ0n) is 20.7. The molecular formula is C27H24F3N3O6. The van der Waals surface area contributed by atoms with E-state index in [0.717, 1.165) is 22.5 Å². The van der Waals surface area contributed by atoms with Crippen LogP contribution in [-0.4, -0.2) is 53.8 Å². The number of carbonyl (C=O) groups excluding carboxylic acids is 1. The van der Waals surface area contributed by atoms with Gasteiger partial charge in [0.15, 0.2) is 5.58 Å². The van der Waals surface area contributed by atoms with Crippen LogP contribution < -0.4 is 14.4 Å². The highest BCUT2D eigenvalue weighted by Gasteiger charge is 2.31. The number of para-hydroxylation sites is 2. The Labute approximate surface area is 221 Å². The number of anilines is 1. The number of oxazole rings is 1. The zero-order chi connectivity index (χ0) is 28.0. The molecule has 4 rings (SSSR count). The van der Waals surface area contributed by atoms with Crippen LogP contribution in [0.2, 0.25) is 0 Å². The molecule has 0 saturated carbocycles. The van der Waals surface area contributed by atoms with E-state index in [4.69, 9.17) is 13.9 Å². The second kappa shape index (κ2) is 11.8. The Balaban J connectivity index is 1.37. The molecule has 0 saturated heterocycles. The van der Waals surface area contributed by atoms with Crippen molar-refractivity contribution in [3.8, 4) is 11.5 Å². The molecule has 1 amide bonds. The third-order valence-corrected chi connectivity index (χ3v) is 5.53. The predicted octanol–water partition coefficient (Wildman–Crippen LogP) is 5.45. The molecule has 4 aromatic rings. The van der Waals surface area contributed by atoms with Crippen LogP contribution in [-0.2, 0) is 17.5 Å². The van der Waals surface area contributed by atoms with Gasteiger partial charge >= 0.3 is 18.2 Å². The van der Waals surface area contributed by atoms with E-state index >= 15 is 0 Å². The van der Waals surface area contributed by atoms with Crippen molar-refractivity contribution in [2.75, 3.05) is 31.6 Å². The number of halogens is 3. The molecule has 9 nitrogen and oxygen atoms in total. The first kappa shape index (κ1) is 27.3. The summed E-state index contributed by atoms with van der Waals surface area (Å²) in [5.74, 6) is -1.20. The molecule has 0 bridgehead atoms. The van der Waals surface area contributed by atoms with Crippen LogP contribution in [0.4, 0.5) is 24.0 Å². The van der Waals surface area contributed by atoms with Crippen molar-refractivity contribution in [1.82, 2.24) is 9.88 Å². The number of nitrogens with zero attached hydrogens (tertiary/aromatic N) is 3. The van der Waals surface area contributed by atoms with Crippen LogP contribution in [0, 0.1) is 0 Å². The first-order valence-electron chi connectivity index (χ1n) is 11.7. The summed E-state index contributed by atoms with van der Waals surface area (Å²) >= 11 is 0. The van der Waals surface area contributed by atoms with Crippen LogP contribution in [0.1, 0.15) is 11.1 Å². The number of aromatic nitrogens is 1. The van der Waals surface area contributed by atoms with E-state index in [1.807, 2.05) is 31.3 Å². The van der Waals surface area contributed by atoms with Crippen LogP contribution in [0.15, 0.2) is 77.2 Å². The van der Waals surface area contributed by atoms with E-state index < -0.39 is 30.3 Å². The molecule has 0 fully saturated rings. The molecule has 12 heteroatoms. The highest BCUT2D eigenvalue weighted by atomic mass is 19.4. The van der Waals surface area contributed by atoms with Gasteiger partial charge in [-0.15, -0.1) is 0 Å². The first-order chi connectivity index (χ1) is 18.6. The lowest BCUT2D eigenvalue weighted by Crippen LogP contribution is -2.37. The summed E-state index contributed by atoms with van der Waals surface area (Å²) in [6, 6.07) is 18.3. The van der Waals surface area contributed by atoms with Gasteiger partial charge in [-0.05, 0) is 48.0 Å². The Hall–Kier alpha value is -4.74. The van der Waals surface area contributed by atoms with Crippen LogP contribution in [0.5, 0.6) is 11.5 Å². The molecule has 3 aromatic carbocycles. The van der Waals surface area contributed by atoms with Crippen LogP contribution >= 0.6 is 0 Å². The molecule has 0 aliphatic carbocycles. The monoisotopic (exact) mass is 543 g/mol. The minimum atomic E-state index is -4.62. The van der Waals surface area contributed by atoms with Gasteiger partial charge in [0, 0.05) is 13.6 Å². The summed E-state index contributed by atoms with van der Waals surface area (Å²) < 4.78 is 55.5. The molecule has 0 atom stereocenters. The van der Waals surface area contributed by atoms with Gasteiger partial charge in [0.1, 0.15) is 30.2 Å². The maximum absolute atomic E-state index is 13.0. The van der Waals surface area contributed by atoms with E-state index in [1.54, 1.807) is 29.2 Å². The van der Waals surface area contributed by atoms with Gasteiger partial charge in [0.25, 0.3) is 6.01 Å². The van der Waals surface area contributed by atoms with Crippen molar-refractivity contribution in [1.29, 1.82) is 0 Å². The predicted molar refractivity (Wildman–Crippen MR) is 135 cm³/mol. The van der Waals surface area contributed by atoms with E-state index in [-0.39, 0.29) is 18.9 Å². The molecule has 1 heterocycles. The molecule has 204 valence electrons. The average molecular weight is 543 g/mol. The fourth-order valence-corrected chi connectivity index (χ4v) is 3.62. The highest BCUT2D eigenvalue weighted by molar-refractivity contribution is 5.78. The summed E-state index contributed by atoms with van der Waals surface area (Å²) in [6.45, 7) is -0.178. The minimum Gasteiger partial charge on any atom is -0.492 e. The minimum absolute atomic E-state index is 0.176. The second-order valence-corrected chi connectivity index (χ2v) is 8.52. The molecule has 0 aliphatic heterocycles. The largest absolute Gasteiger partial charge is 0.492 e. The van der Waals surface area contributed by atoms with Crippen molar-refractivity contribution in [3.05, 3.63) is 83.9 Å². The number of ether oxygens (including phenoxy) is 2. The number of alkyl halides is 3. The third kappa shape index (κ3) is 7.40. The molecular weight excluding hydrogens is 519 g/mol. The van der Waals surface area contributed by atoms with E-state index in [0.29, 0.717) is 35.5 Å². The van der Waals surface area contributed by atoms with Crippen molar-refractivity contribution >= 4 is 29.2 Å². The number of hydrogen-bond acceptors (Lipinski definition) is 7. The number of hydrogen-bond donors (Lipinski definition) is 1. The molecule has 0 spiro atoms. The summed E-state index contributed by atoms with van der Waals surface area (Å²) in [6.07, 6.45) is -5.73. The molecule has 1 N–H and O–H groups in total. The van der Waals surface area contributed by atoms with Gasteiger partial charge in [-0.25, -0.2) is 4.79 Å². The van der Waals surface area contributed by atoms with Gasteiger partial charge in [-0.1, -0.05) is 30.3 Å². The van der Waals surface area contributed by atoms with E-state index in [2.05, 4.69) is 4.98 Å². The SMILES string of the molecule is CN(CCOc1cccc(CN(CC(=O)O)C(=O)Oc2cccc(C(F)(F)F)c2)c1)c1nc2ccccc2o1. The molecule has 0 unspecified atom stereocenters. The fraction of sp³-hybridized carbons (Fsp3) is 0.222. The maximum Gasteiger partial charge on any atom is 0.416 e. The number of aliphatic carboxylic acids is 1. The van der Waals surface area contributed by atoms with Crippen molar-refractivity contribution in [2.45, 2.75) is 12.7 Å².